The van der Waals surface area contributed by atoms with Crippen LogP contribution in [0.2, 0.25) is 0 Å². The number of methoxy groups -OCH3 is 1. The van der Waals surface area contributed by atoms with Gasteiger partial charge >= 0.3 is 0 Å². The maximum atomic E-state index is 5.26. The molecule has 3 rings (SSSR count). The van der Waals surface area contributed by atoms with Crippen LogP contribution >= 0.6 is 0 Å². The van der Waals surface area contributed by atoms with Crippen LogP contribution in [-0.2, 0) is 6.54 Å². The fourth-order valence-corrected chi connectivity index (χ4v) is 2.47. The van der Waals surface area contributed by atoms with Crippen molar-refractivity contribution in [3.8, 4) is 5.88 Å². The van der Waals surface area contributed by atoms with E-state index in [-0.39, 0.29) is 0 Å². The van der Waals surface area contributed by atoms with Crippen molar-refractivity contribution < 1.29 is 4.74 Å². The van der Waals surface area contributed by atoms with E-state index in [1.807, 2.05) is 6.07 Å². The first-order chi connectivity index (χ1) is 9.38. The zero-order chi connectivity index (χ0) is 13.1. The molecule has 0 saturated heterocycles. The SMILES string of the molecule is COc1ncccc1CN[C@H]1C[C@@H]1c1ccccc1. The molecule has 1 aromatic heterocycles. The zero-order valence-corrected chi connectivity index (χ0v) is 11.0. The highest BCUT2D eigenvalue weighted by molar-refractivity contribution is 5.29. The standard InChI is InChI=1S/C16H18N2O/c1-19-16-13(8-5-9-17-16)11-18-15-10-14(15)12-6-3-2-4-7-12/h2-9,14-15,18H,10-11H2,1H3/t14-,15+/m1/s1. The van der Waals surface area contributed by atoms with Gasteiger partial charge in [-0.15, -0.1) is 0 Å². The van der Waals surface area contributed by atoms with Gasteiger partial charge in [-0.05, 0) is 18.1 Å². The lowest BCUT2D eigenvalue weighted by Crippen LogP contribution is -2.18. The average molecular weight is 254 g/mol. The Morgan fingerprint density at radius 3 is 2.84 bits per heavy atom. The Hall–Kier alpha value is -1.87. The van der Waals surface area contributed by atoms with E-state index in [1.165, 1.54) is 12.0 Å². The van der Waals surface area contributed by atoms with Crippen LogP contribution < -0.4 is 10.1 Å². The highest BCUT2D eigenvalue weighted by Crippen LogP contribution is 2.40. The third kappa shape index (κ3) is 2.76. The smallest absolute Gasteiger partial charge is 0.217 e. The van der Waals surface area contributed by atoms with Crippen LogP contribution in [0.5, 0.6) is 5.88 Å². The van der Waals surface area contributed by atoms with Crippen LogP contribution in [0.1, 0.15) is 23.5 Å². The second-order valence-electron chi connectivity index (χ2n) is 4.91. The van der Waals surface area contributed by atoms with E-state index in [2.05, 4.69) is 46.7 Å². The number of aromatic nitrogens is 1. The van der Waals surface area contributed by atoms with Crippen molar-refractivity contribution >= 4 is 0 Å². The number of hydrogen-bond donors (Lipinski definition) is 1. The molecule has 3 heteroatoms. The molecule has 0 radical (unpaired) electrons. The number of pyridine rings is 1. The maximum Gasteiger partial charge on any atom is 0.217 e. The van der Waals surface area contributed by atoms with Crippen molar-refractivity contribution in [2.75, 3.05) is 7.11 Å². The molecular weight excluding hydrogens is 236 g/mol. The number of rotatable bonds is 5. The molecule has 3 nitrogen and oxygen atoms in total. The van der Waals surface area contributed by atoms with E-state index < -0.39 is 0 Å². The predicted octanol–water partition coefficient (Wildman–Crippen LogP) is 2.74. The maximum absolute atomic E-state index is 5.26. The molecule has 0 bridgehead atoms. The van der Waals surface area contributed by atoms with E-state index in [0.717, 1.165) is 12.1 Å². The molecular formula is C16H18N2O. The Kier molecular flexibility index (Phi) is 3.47. The quantitative estimate of drug-likeness (QED) is 0.891. The molecule has 1 N–H and O–H groups in total. The van der Waals surface area contributed by atoms with E-state index in [9.17, 15) is 0 Å². The lowest BCUT2D eigenvalue weighted by molar-refractivity contribution is 0.390. The number of hydrogen-bond acceptors (Lipinski definition) is 3. The molecule has 1 aliphatic carbocycles. The van der Waals surface area contributed by atoms with Crippen molar-refractivity contribution in [3.63, 3.8) is 0 Å². The Bertz CT molecular complexity index is 541. The van der Waals surface area contributed by atoms with Gasteiger partial charge < -0.3 is 10.1 Å². The molecule has 2 aromatic rings. The van der Waals surface area contributed by atoms with Gasteiger partial charge in [0.05, 0.1) is 7.11 Å². The summed E-state index contributed by atoms with van der Waals surface area (Å²) in [5.74, 6) is 1.37. The summed E-state index contributed by atoms with van der Waals surface area (Å²) in [5.41, 5.74) is 2.54. The highest BCUT2D eigenvalue weighted by Gasteiger charge is 2.37. The monoisotopic (exact) mass is 254 g/mol. The summed E-state index contributed by atoms with van der Waals surface area (Å²) in [6.07, 6.45) is 2.97. The van der Waals surface area contributed by atoms with Gasteiger partial charge in [0.1, 0.15) is 0 Å². The minimum atomic E-state index is 0.576. The molecule has 0 aliphatic heterocycles. The van der Waals surface area contributed by atoms with Gasteiger partial charge in [-0.1, -0.05) is 36.4 Å². The average Bonchev–Trinajstić information content (AvgIpc) is 3.26. The van der Waals surface area contributed by atoms with Crippen molar-refractivity contribution in [3.05, 3.63) is 59.8 Å². The number of benzene rings is 1. The van der Waals surface area contributed by atoms with E-state index in [1.54, 1.807) is 13.3 Å². The molecule has 1 heterocycles. The van der Waals surface area contributed by atoms with Crippen molar-refractivity contribution in [1.82, 2.24) is 10.3 Å². The lowest BCUT2D eigenvalue weighted by atomic mass is 10.1. The zero-order valence-electron chi connectivity index (χ0n) is 11.0. The molecule has 0 amide bonds. The summed E-state index contributed by atoms with van der Waals surface area (Å²) >= 11 is 0. The number of nitrogens with zero attached hydrogens (tertiary/aromatic N) is 1. The molecule has 0 spiro atoms. The van der Waals surface area contributed by atoms with Gasteiger partial charge in [-0.3, -0.25) is 0 Å². The van der Waals surface area contributed by atoms with Crippen molar-refractivity contribution in [2.24, 2.45) is 0 Å². The third-order valence-corrected chi connectivity index (χ3v) is 3.62. The Morgan fingerprint density at radius 2 is 2.05 bits per heavy atom. The number of ether oxygens (including phenoxy) is 1. The Labute approximate surface area is 113 Å². The van der Waals surface area contributed by atoms with Crippen LogP contribution in [0.15, 0.2) is 48.7 Å². The van der Waals surface area contributed by atoms with Crippen LogP contribution in [-0.4, -0.2) is 18.1 Å². The van der Waals surface area contributed by atoms with Gasteiger partial charge in [-0.2, -0.15) is 0 Å². The molecule has 98 valence electrons. The van der Waals surface area contributed by atoms with Crippen LogP contribution in [0.3, 0.4) is 0 Å². The first-order valence-corrected chi connectivity index (χ1v) is 6.64. The molecule has 1 aliphatic rings. The summed E-state index contributed by atoms with van der Waals surface area (Å²) in [5, 5.41) is 3.58. The highest BCUT2D eigenvalue weighted by atomic mass is 16.5. The summed E-state index contributed by atoms with van der Waals surface area (Å²) in [6, 6.07) is 15.3. The van der Waals surface area contributed by atoms with Crippen LogP contribution in [0.4, 0.5) is 0 Å². The first kappa shape index (κ1) is 12.2. The fraction of sp³-hybridized carbons (Fsp3) is 0.312. The molecule has 1 saturated carbocycles. The third-order valence-electron chi connectivity index (χ3n) is 3.62. The van der Waals surface area contributed by atoms with E-state index in [0.29, 0.717) is 17.8 Å². The van der Waals surface area contributed by atoms with Gasteiger partial charge in [-0.25, -0.2) is 4.98 Å². The van der Waals surface area contributed by atoms with Crippen LogP contribution in [0, 0.1) is 0 Å². The minimum Gasteiger partial charge on any atom is -0.481 e. The second kappa shape index (κ2) is 5.41. The summed E-state index contributed by atoms with van der Waals surface area (Å²) in [6.45, 7) is 0.811. The van der Waals surface area contributed by atoms with Gasteiger partial charge in [0.25, 0.3) is 0 Å². The molecule has 2 atom stereocenters. The fourth-order valence-electron chi connectivity index (χ4n) is 2.47. The largest absolute Gasteiger partial charge is 0.481 e. The summed E-state index contributed by atoms with van der Waals surface area (Å²) in [7, 11) is 1.66. The first-order valence-electron chi connectivity index (χ1n) is 6.64. The minimum absolute atomic E-state index is 0.576. The summed E-state index contributed by atoms with van der Waals surface area (Å²) < 4.78 is 5.26. The second-order valence-corrected chi connectivity index (χ2v) is 4.91. The number of nitrogens with one attached hydrogen (secondary N) is 1. The molecule has 1 fully saturated rings. The lowest BCUT2D eigenvalue weighted by Gasteiger charge is -2.08. The molecule has 1 aromatic carbocycles. The Balaban J connectivity index is 1.57. The normalized spacial score (nSPS) is 21.1. The molecule has 0 unspecified atom stereocenters. The summed E-state index contributed by atoms with van der Waals surface area (Å²) in [4.78, 5) is 4.21. The van der Waals surface area contributed by atoms with E-state index >= 15 is 0 Å². The van der Waals surface area contributed by atoms with Crippen molar-refractivity contribution in [1.29, 1.82) is 0 Å². The van der Waals surface area contributed by atoms with Gasteiger partial charge in [0.15, 0.2) is 0 Å². The molecule has 19 heavy (non-hydrogen) atoms. The van der Waals surface area contributed by atoms with Crippen molar-refractivity contribution in [2.45, 2.75) is 24.9 Å². The van der Waals surface area contributed by atoms with E-state index in [4.69, 9.17) is 4.74 Å². The Morgan fingerprint density at radius 1 is 1.21 bits per heavy atom. The van der Waals surface area contributed by atoms with Crippen LogP contribution in [0.25, 0.3) is 0 Å². The van der Waals surface area contributed by atoms with Gasteiger partial charge in [0.2, 0.25) is 5.88 Å². The predicted molar refractivity (Wildman–Crippen MR) is 75.2 cm³/mol. The van der Waals surface area contributed by atoms with Gasteiger partial charge in [0, 0.05) is 30.3 Å². The topological polar surface area (TPSA) is 34.1 Å².